The summed E-state index contributed by atoms with van der Waals surface area (Å²) >= 11 is 0. The lowest BCUT2D eigenvalue weighted by Crippen LogP contribution is -2.32. The van der Waals surface area contributed by atoms with E-state index < -0.39 is 0 Å². The summed E-state index contributed by atoms with van der Waals surface area (Å²) in [5.74, 6) is 2.13. The molecule has 0 aliphatic rings. The summed E-state index contributed by atoms with van der Waals surface area (Å²) < 4.78 is 10.9. The lowest BCUT2D eigenvalue weighted by Gasteiger charge is -2.14. The number of aliphatic imine (C=N–C) groups is 1. The number of fused-ring (bicyclic) bond motifs is 1. The quantitative estimate of drug-likeness (QED) is 0.258. The third-order valence-electron chi connectivity index (χ3n) is 4.31. The normalized spacial score (nSPS) is 11.0. The summed E-state index contributed by atoms with van der Waals surface area (Å²) in [5.41, 5.74) is 3.34. The minimum absolute atomic E-state index is 0. The first-order chi connectivity index (χ1) is 13.2. The van der Waals surface area contributed by atoms with Crippen molar-refractivity contribution in [3.63, 3.8) is 0 Å². The Morgan fingerprint density at radius 2 is 1.96 bits per heavy atom. The van der Waals surface area contributed by atoms with Crippen LogP contribution in [0.4, 0.5) is 5.69 Å². The van der Waals surface area contributed by atoms with Crippen LogP contribution in [0.2, 0.25) is 0 Å². The van der Waals surface area contributed by atoms with Gasteiger partial charge >= 0.3 is 0 Å². The Kier molecular flexibility index (Phi) is 8.43. The van der Waals surface area contributed by atoms with Crippen molar-refractivity contribution in [3.8, 4) is 11.5 Å². The first-order valence-corrected chi connectivity index (χ1v) is 9.08. The highest BCUT2D eigenvalue weighted by Crippen LogP contribution is 2.30. The molecule has 0 unspecified atom stereocenters. The minimum atomic E-state index is 0. The molecule has 0 aliphatic carbocycles. The molecule has 0 bridgehead atoms. The fraction of sp³-hybridized carbons (Fsp3) is 0.286. The molecule has 3 rings (SSSR count). The van der Waals surface area contributed by atoms with Crippen LogP contribution >= 0.6 is 24.0 Å². The number of nitrogens with one attached hydrogen (secondary N) is 3. The van der Waals surface area contributed by atoms with Gasteiger partial charge in [0.25, 0.3) is 0 Å². The fourth-order valence-corrected chi connectivity index (χ4v) is 2.99. The van der Waals surface area contributed by atoms with Crippen LogP contribution in [0.3, 0.4) is 0 Å². The molecule has 0 fully saturated rings. The Bertz CT molecular complexity index is 924. The van der Waals surface area contributed by atoms with Gasteiger partial charge in [-0.3, -0.25) is 4.99 Å². The molecule has 7 heteroatoms. The Morgan fingerprint density at radius 1 is 1.14 bits per heavy atom. The van der Waals surface area contributed by atoms with E-state index in [0.29, 0.717) is 18.3 Å². The van der Waals surface area contributed by atoms with Crippen LogP contribution in [0.1, 0.15) is 12.5 Å². The summed E-state index contributed by atoms with van der Waals surface area (Å²) in [7, 11) is 3.39. The van der Waals surface area contributed by atoms with Gasteiger partial charge in [-0.1, -0.05) is 18.2 Å². The maximum atomic E-state index is 5.55. The third-order valence-corrected chi connectivity index (χ3v) is 4.31. The van der Waals surface area contributed by atoms with Crippen molar-refractivity contribution in [2.45, 2.75) is 13.3 Å². The number of aromatic nitrogens is 1. The molecule has 0 aliphatic heterocycles. The number of guanidine groups is 1. The van der Waals surface area contributed by atoms with Gasteiger partial charge in [0.2, 0.25) is 0 Å². The summed E-state index contributed by atoms with van der Waals surface area (Å²) in [4.78, 5) is 7.60. The molecular weight excluding hydrogens is 467 g/mol. The van der Waals surface area contributed by atoms with Crippen LogP contribution < -0.4 is 20.1 Å². The molecule has 0 amide bonds. The highest BCUT2D eigenvalue weighted by atomic mass is 127. The summed E-state index contributed by atoms with van der Waals surface area (Å²) in [5, 5.41) is 7.90. The van der Waals surface area contributed by atoms with Gasteiger partial charge in [0.1, 0.15) is 0 Å². The van der Waals surface area contributed by atoms with E-state index in [1.807, 2.05) is 31.2 Å². The Labute approximate surface area is 182 Å². The average Bonchev–Trinajstić information content (AvgIpc) is 3.11. The van der Waals surface area contributed by atoms with Crippen LogP contribution in [-0.4, -0.2) is 38.3 Å². The van der Waals surface area contributed by atoms with Crippen LogP contribution in [0.25, 0.3) is 10.9 Å². The summed E-state index contributed by atoms with van der Waals surface area (Å²) in [6, 6.07) is 14.1. The number of nitrogens with zero attached hydrogens (tertiary/aromatic N) is 1. The smallest absolute Gasteiger partial charge is 0.195 e. The molecule has 0 radical (unpaired) electrons. The van der Waals surface area contributed by atoms with Crippen LogP contribution in [0.5, 0.6) is 11.5 Å². The van der Waals surface area contributed by atoms with E-state index >= 15 is 0 Å². The van der Waals surface area contributed by atoms with Gasteiger partial charge in [0, 0.05) is 42.4 Å². The van der Waals surface area contributed by atoms with Crippen LogP contribution in [-0.2, 0) is 6.42 Å². The molecule has 3 N–H and O–H groups in total. The van der Waals surface area contributed by atoms with Crippen molar-refractivity contribution in [1.29, 1.82) is 0 Å². The third kappa shape index (κ3) is 5.31. The number of rotatable bonds is 7. The number of anilines is 1. The van der Waals surface area contributed by atoms with Crippen molar-refractivity contribution < 1.29 is 9.47 Å². The Balaban J connectivity index is 0.00000280. The largest absolute Gasteiger partial charge is 0.493 e. The number of hydrogen-bond donors (Lipinski definition) is 3. The number of benzene rings is 2. The molecule has 0 spiro atoms. The van der Waals surface area contributed by atoms with E-state index in [-0.39, 0.29) is 24.0 Å². The Hall–Kier alpha value is -2.42. The molecule has 2 aromatic carbocycles. The second kappa shape index (κ2) is 10.8. The first kappa shape index (κ1) is 21.9. The number of aromatic amines is 1. The van der Waals surface area contributed by atoms with Crippen molar-refractivity contribution >= 4 is 46.5 Å². The lowest BCUT2D eigenvalue weighted by molar-refractivity contribution is 0.311. The molecule has 28 heavy (non-hydrogen) atoms. The number of halogens is 1. The molecule has 1 aromatic heterocycles. The van der Waals surface area contributed by atoms with Gasteiger partial charge < -0.3 is 25.1 Å². The van der Waals surface area contributed by atoms with Gasteiger partial charge in [0.15, 0.2) is 17.5 Å². The Morgan fingerprint density at radius 3 is 2.71 bits per heavy atom. The van der Waals surface area contributed by atoms with Gasteiger partial charge in [-0.05, 0) is 37.1 Å². The molecule has 3 aromatic rings. The minimum Gasteiger partial charge on any atom is -0.493 e. The molecule has 1 heterocycles. The predicted molar refractivity (Wildman–Crippen MR) is 127 cm³/mol. The molecular formula is C21H27IN4O2. The fourth-order valence-electron chi connectivity index (χ4n) is 2.99. The van der Waals surface area contributed by atoms with E-state index in [9.17, 15) is 0 Å². The summed E-state index contributed by atoms with van der Waals surface area (Å²) in [6.45, 7) is 3.32. The van der Waals surface area contributed by atoms with E-state index in [1.54, 1.807) is 14.2 Å². The van der Waals surface area contributed by atoms with Crippen molar-refractivity contribution in [2.75, 3.05) is 32.6 Å². The van der Waals surface area contributed by atoms with Crippen molar-refractivity contribution in [3.05, 3.63) is 54.2 Å². The maximum absolute atomic E-state index is 5.55. The standard InChI is InChI=1S/C21H26N4O2.HI/c1-4-27-19-10-9-16(13-20(19)26-3)25-21(22-2)23-12-11-15-14-24-18-8-6-5-7-17(15)18;/h5-10,13-14,24H,4,11-12H2,1-3H3,(H2,22,23,25);1H. The number of para-hydroxylation sites is 1. The van der Waals surface area contributed by atoms with E-state index in [1.165, 1.54) is 10.9 Å². The average molecular weight is 494 g/mol. The maximum Gasteiger partial charge on any atom is 0.195 e. The number of hydrogen-bond acceptors (Lipinski definition) is 3. The first-order valence-electron chi connectivity index (χ1n) is 9.08. The topological polar surface area (TPSA) is 70.7 Å². The molecule has 0 saturated heterocycles. The zero-order valence-electron chi connectivity index (χ0n) is 16.4. The number of ether oxygens (including phenoxy) is 2. The predicted octanol–water partition coefficient (Wildman–Crippen LogP) is 4.42. The highest BCUT2D eigenvalue weighted by molar-refractivity contribution is 14.0. The SMILES string of the molecule is CCOc1ccc(NC(=NC)NCCc2c[nH]c3ccccc23)cc1OC.I. The van der Waals surface area contributed by atoms with Crippen molar-refractivity contribution in [1.82, 2.24) is 10.3 Å². The van der Waals surface area contributed by atoms with Crippen molar-refractivity contribution in [2.24, 2.45) is 4.99 Å². The zero-order chi connectivity index (χ0) is 19.1. The van der Waals surface area contributed by atoms with Gasteiger partial charge in [-0.25, -0.2) is 0 Å². The molecule has 6 nitrogen and oxygen atoms in total. The number of methoxy groups -OCH3 is 1. The zero-order valence-corrected chi connectivity index (χ0v) is 18.7. The van der Waals surface area contributed by atoms with Gasteiger partial charge in [0.05, 0.1) is 13.7 Å². The summed E-state index contributed by atoms with van der Waals surface area (Å²) in [6.07, 6.45) is 2.97. The highest BCUT2D eigenvalue weighted by Gasteiger charge is 2.07. The van der Waals surface area contributed by atoms with E-state index in [0.717, 1.165) is 29.9 Å². The van der Waals surface area contributed by atoms with Crippen LogP contribution in [0.15, 0.2) is 53.7 Å². The second-order valence-corrected chi connectivity index (χ2v) is 6.03. The van der Waals surface area contributed by atoms with Crippen LogP contribution in [0, 0.1) is 0 Å². The number of H-pyrrole nitrogens is 1. The second-order valence-electron chi connectivity index (χ2n) is 6.03. The van der Waals surface area contributed by atoms with Gasteiger partial charge in [-0.2, -0.15) is 0 Å². The van der Waals surface area contributed by atoms with E-state index in [2.05, 4.69) is 45.0 Å². The molecule has 150 valence electrons. The lowest BCUT2D eigenvalue weighted by atomic mass is 10.1. The molecule has 0 atom stereocenters. The van der Waals surface area contributed by atoms with Gasteiger partial charge in [-0.15, -0.1) is 24.0 Å². The monoisotopic (exact) mass is 494 g/mol. The molecule has 0 saturated carbocycles. The van der Waals surface area contributed by atoms with E-state index in [4.69, 9.17) is 9.47 Å².